The topological polar surface area (TPSA) is 20.2 Å². The molecule has 0 aromatic carbocycles. The normalized spacial score (nSPS) is 11.5. The molecule has 0 rings (SSSR count). The van der Waals surface area contributed by atoms with E-state index >= 15 is 0 Å². The quantitative estimate of drug-likeness (QED) is 0.616. The van der Waals surface area contributed by atoms with E-state index in [1.165, 1.54) is 11.8 Å². The molecule has 0 unspecified atom stereocenters. The van der Waals surface area contributed by atoms with E-state index < -0.39 is 5.60 Å². The van der Waals surface area contributed by atoms with E-state index in [1.807, 2.05) is 6.26 Å². The van der Waals surface area contributed by atoms with Crippen molar-refractivity contribution in [1.82, 2.24) is 0 Å². The number of hydrogen-bond acceptors (Lipinski definition) is 2. The lowest BCUT2D eigenvalue weighted by Gasteiger charge is -2.17. The fraction of sp³-hybridized carbons (Fsp3) is 0.667. The minimum absolute atomic E-state index is 0.723. The summed E-state index contributed by atoms with van der Waals surface area (Å²) in [5, 5.41) is 9.17. The molecule has 0 amide bonds. The van der Waals surface area contributed by atoms with Crippen LogP contribution in [0.5, 0.6) is 0 Å². The summed E-state index contributed by atoms with van der Waals surface area (Å²) in [4.78, 5) is 0.803. The van der Waals surface area contributed by atoms with Gasteiger partial charge in [0.1, 0.15) is 0 Å². The SMILES string of the molecule is C=C(SC)C(C)(C)O. The van der Waals surface area contributed by atoms with Crippen molar-refractivity contribution in [2.75, 3.05) is 6.26 Å². The number of thioether (sulfide) groups is 1. The van der Waals surface area contributed by atoms with E-state index in [0.29, 0.717) is 0 Å². The van der Waals surface area contributed by atoms with Gasteiger partial charge in [0.25, 0.3) is 0 Å². The third-order valence-electron chi connectivity index (χ3n) is 0.929. The van der Waals surface area contributed by atoms with Crippen molar-refractivity contribution in [2.45, 2.75) is 19.4 Å². The lowest BCUT2D eigenvalue weighted by molar-refractivity contribution is 0.129. The lowest BCUT2D eigenvalue weighted by Crippen LogP contribution is -2.18. The zero-order valence-corrected chi connectivity index (χ0v) is 6.38. The van der Waals surface area contributed by atoms with Gasteiger partial charge in [-0.15, -0.1) is 11.8 Å². The van der Waals surface area contributed by atoms with Gasteiger partial charge in [0.2, 0.25) is 0 Å². The fourth-order valence-corrected chi connectivity index (χ4v) is 0.749. The standard InChI is InChI=1S/C6H12OS/c1-5(8-4)6(2,3)7/h7H,1H2,2-4H3. The summed E-state index contributed by atoms with van der Waals surface area (Å²) in [5.41, 5.74) is -0.723. The first-order valence-electron chi connectivity index (χ1n) is 2.44. The Bertz CT molecular complexity index is 91.2. The Hall–Kier alpha value is 0.0500. The zero-order valence-electron chi connectivity index (χ0n) is 5.56. The first-order valence-corrected chi connectivity index (χ1v) is 3.66. The zero-order chi connectivity index (χ0) is 6.78. The fourth-order valence-electron chi connectivity index (χ4n) is 0.250. The molecule has 2 heteroatoms. The van der Waals surface area contributed by atoms with E-state index in [-0.39, 0.29) is 0 Å². The van der Waals surface area contributed by atoms with Gasteiger partial charge in [0.15, 0.2) is 0 Å². The van der Waals surface area contributed by atoms with Gasteiger partial charge >= 0.3 is 0 Å². The van der Waals surface area contributed by atoms with Crippen molar-refractivity contribution in [1.29, 1.82) is 0 Å². The first kappa shape index (κ1) is 8.05. The molecule has 0 fully saturated rings. The summed E-state index contributed by atoms with van der Waals surface area (Å²) in [7, 11) is 0. The van der Waals surface area contributed by atoms with Crippen LogP contribution in [0.3, 0.4) is 0 Å². The number of rotatable bonds is 2. The van der Waals surface area contributed by atoms with Crippen molar-refractivity contribution < 1.29 is 5.11 Å². The predicted molar refractivity (Wildman–Crippen MR) is 39.0 cm³/mol. The molecule has 0 saturated heterocycles. The van der Waals surface area contributed by atoms with Crippen LogP contribution in [-0.2, 0) is 0 Å². The Balaban J connectivity index is 3.82. The Morgan fingerprint density at radius 2 is 2.00 bits per heavy atom. The van der Waals surface area contributed by atoms with Crippen molar-refractivity contribution in [3.63, 3.8) is 0 Å². The van der Waals surface area contributed by atoms with Gasteiger partial charge in [-0.3, -0.25) is 0 Å². The summed E-state index contributed by atoms with van der Waals surface area (Å²) in [6.45, 7) is 7.11. The van der Waals surface area contributed by atoms with E-state index in [2.05, 4.69) is 6.58 Å². The van der Waals surface area contributed by atoms with Gasteiger partial charge in [-0.2, -0.15) is 0 Å². The highest BCUT2D eigenvalue weighted by Gasteiger charge is 2.15. The molecule has 0 aliphatic heterocycles. The van der Waals surface area contributed by atoms with Crippen LogP contribution in [0, 0.1) is 0 Å². The van der Waals surface area contributed by atoms with Crippen molar-refractivity contribution in [2.24, 2.45) is 0 Å². The highest BCUT2D eigenvalue weighted by molar-refractivity contribution is 8.02. The minimum Gasteiger partial charge on any atom is -0.385 e. The average molecular weight is 132 g/mol. The molecule has 48 valence electrons. The second-order valence-corrected chi connectivity index (χ2v) is 3.09. The van der Waals surface area contributed by atoms with Crippen molar-refractivity contribution in [3.8, 4) is 0 Å². The molecule has 0 saturated carbocycles. The summed E-state index contributed by atoms with van der Waals surface area (Å²) in [5.74, 6) is 0. The largest absolute Gasteiger partial charge is 0.385 e. The molecular weight excluding hydrogens is 120 g/mol. The molecule has 0 aromatic heterocycles. The van der Waals surface area contributed by atoms with Crippen LogP contribution in [0.15, 0.2) is 11.5 Å². The summed E-state index contributed by atoms with van der Waals surface area (Å²) in [6.07, 6.45) is 1.90. The summed E-state index contributed by atoms with van der Waals surface area (Å²) < 4.78 is 0. The van der Waals surface area contributed by atoms with Crippen molar-refractivity contribution in [3.05, 3.63) is 11.5 Å². The van der Waals surface area contributed by atoms with Crippen LogP contribution in [0.2, 0.25) is 0 Å². The van der Waals surface area contributed by atoms with Crippen LogP contribution >= 0.6 is 11.8 Å². The third-order valence-corrected chi connectivity index (χ3v) is 1.92. The Labute approximate surface area is 54.8 Å². The second kappa shape index (κ2) is 2.55. The Morgan fingerprint density at radius 1 is 1.62 bits per heavy atom. The smallest absolute Gasteiger partial charge is 0.0892 e. The van der Waals surface area contributed by atoms with E-state index in [4.69, 9.17) is 5.11 Å². The highest BCUT2D eigenvalue weighted by Crippen LogP contribution is 2.22. The summed E-state index contributed by atoms with van der Waals surface area (Å²) >= 11 is 1.49. The van der Waals surface area contributed by atoms with Crippen LogP contribution < -0.4 is 0 Å². The molecule has 1 N–H and O–H groups in total. The van der Waals surface area contributed by atoms with Crippen LogP contribution in [0.4, 0.5) is 0 Å². The molecule has 0 spiro atoms. The van der Waals surface area contributed by atoms with E-state index in [9.17, 15) is 0 Å². The molecule has 0 atom stereocenters. The highest BCUT2D eigenvalue weighted by atomic mass is 32.2. The van der Waals surface area contributed by atoms with Crippen LogP contribution in [-0.4, -0.2) is 17.0 Å². The molecular formula is C6H12OS. The molecule has 0 bridgehead atoms. The second-order valence-electron chi connectivity index (χ2n) is 2.19. The van der Waals surface area contributed by atoms with Gasteiger partial charge in [0, 0.05) is 4.91 Å². The van der Waals surface area contributed by atoms with Gasteiger partial charge in [0.05, 0.1) is 5.60 Å². The van der Waals surface area contributed by atoms with E-state index in [1.54, 1.807) is 13.8 Å². The Morgan fingerprint density at radius 3 is 2.00 bits per heavy atom. The lowest BCUT2D eigenvalue weighted by atomic mass is 10.1. The maximum Gasteiger partial charge on any atom is 0.0892 e. The number of hydrogen-bond donors (Lipinski definition) is 1. The predicted octanol–water partition coefficient (Wildman–Crippen LogP) is 1.63. The number of aliphatic hydroxyl groups is 1. The first-order chi connectivity index (χ1) is 3.48. The molecule has 1 nitrogen and oxygen atoms in total. The van der Waals surface area contributed by atoms with Gasteiger partial charge in [-0.05, 0) is 20.1 Å². The minimum atomic E-state index is -0.723. The van der Waals surface area contributed by atoms with Crippen molar-refractivity contribution >= 4 is 11.8 Å². The Kier molecular flexibility index (Phi) is 2.57. The van der Waals surface area contributed by atoms with Gasteiger partial charge in [-0.25, -0.2) is 0 Å². The summed E-state index contributed by atoms with van der Waals surface area (Å²) in [6, 6.07) is 0. The van der Waals surface area contributed by atoms with Crippen LogP contribution in [0.25, 0.3) is 0 Å². The van der Waals surface area contributed by atoms with E-state index in [0.717, 1.165) is 4.91 Å². The van der Waals surface area contributed by atoms with Gasteiger partial charge < -0.3 is 5.11 Å². The molecule has 0 radical (unpaired) electrons. The van der Waals surface area contributed by atoms with Crippen LogP contribution in [0.1, 0.15) is 13.8 Å². The third kappa shape index (κ3) is 2.38. The molecule has 0 heterocycles. The average Bonchev–Trinajstić information content (AvgIpc) is 1.62. The molecule has 0 aromatic rings. The maximum absolute atomic E-state index is 9.17. The molecule has 8 heavy (non-hydrogen) atoms. The molecule has 0 aliphatic carbocycles. The van der Waals surface area contributed by atoms with Gasteiger partial charge in [-0.1, -0.05) is 6.58 Å². The monoisotopic (exact) mass is 132 g/mol. The molecule has 0 aliphatic rings. The maximum atomic E-state index is 9.17.